The van der Waals surface area contributed by atoms with E-state index in [1.165, 1.54) is 13.0 Å². The van der Waals surface area contributed by atoms with Gasteiger partial charge in [-0.15, -0.1) is 0 Å². The Morgan fingerprint density at radius 2 is 2.19 bits per heavy atom. The Hall–Kier alpha value is -2.85. The number of carbonyl (C=O) groups excluding carboxylic acids is 2. The van der Waals surface area contributed by atoms with E-state index in [0.29, 0.717) is 23.5 Å². The lowest BCUT2D eigenvalue weighted by Crippen LogP contribution is -2.30. The number of aromatic nitrogens is 2. The molecule has 142 valence electrons. The molecule has 0 unspecified atom stereocenters. The second-order valence-corrected chi connectivity index (χ2v) is 6.42. The summed E-state index contributed by atoms with van der Waals surface area (Å²) in [4.78, 5) is 24.7. The fourth-order valence-electron chi connectivity index (χ4n) is 2.42. The van der Waals surface area contributed by atoms with Crippen LogP contribution in [0.15, 0.2) is 24.3 Å². The minimum absolute atomic E-state index is 0.166. The highest BCUT2D eigenvalue weighted by atomic mass is 35.5. The molecule has 1 N–H and O–H groups in total. The van der Waals surface area contributed by atoms with Crippen LogP contribution in [0, 0.1) is 18.3 Å². The largest absolute Gasteiger partial charge is 0.449 e. The van der Waals surface area contributed by atoms with Gasteiger partial charge in [-0.3, -0.25) is 9.48 Å². The average Bonchev–Trinajstić information content (AvgIpc) is 2.93. The first-order valence-corrected chi connectivity index (χ1v) is 9.00. The Kier molecular flexibility index (Phi) is 6.97. The van der Waals surface area contributed by atoms with Crippen LogP contribution in [0.3, 0.4) is 0 Å². The van der Waals surface area contributed by atoms with Crippen molar-refractivity contribution in [1.82, 2.24) is 9.78 Å². The van der Waals surface area contributed by atoms with E-state index < -0.39 is 18.0 Å². The van der Waals surface area contributed by atoms with Gasteiger partial charge in [0, 0.05) is 12.2 Å². The average molecular weight is 389 g/mol. The second-order valence-electron chi connectivity index (χ2n) is 6.06. The number of aryl methyl sites for hydroxylation is 2. The molecule has 1 aromatic carbocycles. The summed E-state index contributed by atoms with van der Waals surface area (Å²) in [6, 6.07) is 8.45. The van der Waals surface area contributed by atoms with Crippen LogP contribution in [0.4, 0.5) is 5.69 Å². The van der Waals surface area contributed by atoms with Gasteiger partial charge in [-0.2, -0.15) is 10.4 Å². The number of nitriles is 1. The number of benzene rings is 1. The Balaban J connectivity index is 2.05. The summed E-state index contributed by atoms with van der Waals surface area (Å²) in [6.07, 6.45) is 0.812. The molecular formula is C19H21ClN4O3. The van der Waals surface area contributed by atoms with Gasteiger partial charge in [0.2, 0.25) is 0 Å². The number of nitrogens with zero attached hydrogens (tertiary/aromatic N) is 3. The molecule has 0 aliphatic heterocycles. The van der Waals surface area contributed by atoms with E-state index in [-0.39, 0.29) is 10.7 Å². The summed E-state index contributed by atoms with van der Waals surface area (Å²) in [5.74, 6) is -1.21. The lowest BCUT2D eigenvalue weighted by Gasteiger charge is -2.13. The molecule has 7 nitrogen and oxygen atoms in total. The molecule has 0 aliphatic carbocycles. The second kappa shape index (κ2) is 9.19. The maximum absolute atomic E-state index is 12.5. The molecule has 0 spiro atoms. The Morgan fingerprint density at radius 3 is 2.85 bits per heavy atom. The molecule has 0 saturated heterocycles. The van der Waals surface area contributed by atoms with Crippen molar-refractivity contribution in [3.8, 4) is 6.07 Å². The molecule has 1 heterocycles. The van der Waals surface area contributed by atoms with Crippen LogP contribution in [-0.4, -0.2) is 27.8 Å². The number of carbonyl (C=O) groups is 2. The number of halogens is 1. The van der Waals surface area contributed by atoms with Gasteiger partial charge in [0.25, 0.3) is 5.91 Å². The first-order chi connectivity index (χ1) is 12.9. The SMILES string of the molecule is CCCCn1nc(C)c(C(=O)O[C@H](C)C(=O)Nc2cccc(C#N)c2)c1Cl. The van der Waals surface area contributed by atoms with E-state index >= 15 is 0 Å². The summed E-state index contributed by atoms with van der Waals surface area (Å²) in [6.45, 7) is 5.79. The van der Waals surface area contributed by atoms with E-state index in [2.05, 4.69) is 10.4 Å². The van der Waals surface area contributed by atoms with Gasteiger partial charge in [-0.05, 0) is 38.5 Å². The third-order valence-corrected chi connectivity index (χ3v) is 4.29. The number of esters is 1. The van der Waals surface area contributed by atoms with E-state index in [9.17, 15) is 9.59 Å². The number of nitrogens with one attached hydrogen (secondary N) is 1. The van der Waals surface area contributed by atoms with Crippen molar-refractivity contribution in [2.75, 3.05) is 5.32 Å². The van der Waals surface area contributed by atoms with Crippen LogP contribution >= 0.6 is 11.6 Å². The Bertz CT molecular complexity index is 886. The van der Waals surface area contributed by atoms with E-state index in [0.717, 1.165) is 12.8 Å². The van der Waals surface area contributed by atoms with Crippen molar-refractivity contribution >= 4 is 29.2 Å². The van der Waals surface area contributed by atoms with Gasteiger partial charge in [0.1, 0.15) is 10.7 Å². The van der Waals surface area contributed by atoms with Crippen LogP contribution in [0.25, 0.3) is 0 Å². The summed E-state index contributed by atoms with van der Waals surface area (Å²) < 4.78 is 6.82. The molecule has 1 aromatic heterocycles. The molecule has 1 amide bonds. The van der Waals surface area contributed by atoms with Gasteiger partial charge in [-0.25, -0.2) is 4.79 Å². The Morgan fingerprint density at radius 1 is 1.44 bits per heavy atom. The zero-order valence-corrected chi connectivity index (χ0v) is 16.2. The summed E-state index contributed by atoms with van der Waals surface area (Å²) in [5, 5.41) is 16.0. The zero-order valence-electron chi connectivity index (χ0n) is 15.5. The van der Waals surface area contributed by atoms with E-state index in [4.69, 9.17) is 21.6 Å². The minimum atomic E-state index is -1.04. The quantitative estimate of drug-likeness (QED) is 0.729. The topological polar surface area (TPSA) is 97.0 Å². The molecule has 0 saturated carbocycles. The van der Waals surface area contributed by atoms with Crippen LogP contribution in [0.1, 0.15) is 48.3 Å². The van der Waals surface area contributed by atoms with Crippen molar-refractivity contribution < 1.29 is 14.3 Å². The Labute approximate surface area is 162 Å². The minimum Gasteiger partial charge on any atom is -0.449 e. The first-order valence-electron chi connectivity index (χ1n) is 8.62. The van der Waals surface area contributed by atoms with Crippen molar-refractivity contribution in [1.29, 1.82) is 5.26 Å². The van der Waals surface area contributed by atoms with E-state index in [1.807, 2.05) is 13.0 Å². The van der Waals surface area contributed by atoms with Crippen molar-refractivity contribution in [2.24, 2.45) is 0 Å². The van der Waals surface area contributed by atoms with Crippen molar-refractivity contribution in [3.05, 3.63) is 46.2 Å². The van der Waals surface area contributed by atoms with Gasteiger partial charge in [0.15, 0.2) is 6.10 Å². The highest BCUT2D eigenvalue weighted by Gasteiger charge is 2.25. The number of amides is 1. The first kappa shape index (κ1) is 20.5. The number of unbranched alkanes of at least 4 members (excludes halogenated alkanes) is 1. The summed E-state index contributed by atoms with van der Waals surface area (Å²) >= 11 is 6.25. The lowest BCUT2D eigenvalue weighted by molar-refractivity contribution is -0.123. The molecule has 8 heteroatoms. The number of rotatable bonds is 7. The maximum Gasteiger partial charge on any atom is 0.343 e. The highest BCUT2D eigenvalue weighted by molar-refractivity contribution is 6.32. The molecule has 27 heavy (non-hydrogen) atoms. The molecule has 0 fully saturated rings. The number of ether oxygens (including phenoxy) is 1. The highest BCUT2D eigenvalue weighted by Crippen LogP contribution is 2.22. The van der Waals surface area contributed by atoms with Crippen LogP contribution in [0.2, 0.25) is 5.15 Å². The third kappa shape index (κ3) is 5.08. The van der Waals surface area contributed by atoms with E-state index in [1.54, 1.807) is 29.8 Å². The van der Waals surface area contributed by atoms with Gasteiger partial charge in [-0.1, -0.05) is 31.0 Å². The standard InChI is InChI=1S/C19H21ClN4O3/c1-4-5-9-24-17(20)16(12(2)23-24)19(26)27-13(3)18(25)22-15-8-6-7-14(10-15)11-21/h6-8,10,13H,4-5,9H2,1-3H3,(H,22,25)/t13-/m1/s1. The molecule has 0 bridgehead atoms. The van der Waals surface area contributed by atoms with Crippen LogP contribution in [0.5, 0.6) is 0 Å². The summed E-state index contributed by atoms with van der Waals surface area (Å²) in [7, 11) is 0. The smallest absolute Gasteiger partial charge is 0.343 e. The number of anilines is 1. The van der Waals surface area contributed by atoms with Crippen molar-refractivity contribution in [3.63, 3.8) is 0 Å². The molecule has 0 radical (unpaired) electrons. The fraction of sp³-hybridized carbons (Fsp3) is 0.368. The van der Waals surface area contributed by atoms with Gasteiger partial charge in [0.05, 0.1) is 17.3 Å². The fourth-order valence-corrected chi connectivity index (χ4v) is 2.76. The van der Waals surface area contributed by atoms with Gasteiger partial charge < -0.3 is 10.1 Å². The zero-order chi connectivity index (χ0) is 20.0. The van der Waals surface area contributed by atoms with Crippen molar-refractivity contribution in [2.45, 2.75) is 46.3 Å². The monoisotopic (exact) mass is 388 g/mol. The predicted molar refractivity (Wildman–Crippen MR) is 102 cm³/mol. The predicted octanol–water partition coefficient (Wildman–Crippen LogP) is 3.70. The normalized spacial score (nSPS) is 11.5. The van der Waals surface area contributed by atoms with Crippen LogP contribution < -0.4 is 5.32 Å². The molecular weight excluding hydrogens is 368 g/mol. The summed E-state index contributed by atoms with van der Waals surface area (Å²) in [5.41, 5.74) is 1.48. The van der Waals surface area contributed by atoms with Crippen LogP contribution in [-0.2, 0) is 16.1 Å². The molecule has 1 atom stereocenters. The maximum atomic E-state index is 12.5. The third-order valence-electron chi connectivity index (χ3n) is 3.91. The number of hydrogen-bond donors (Lipinski definition) is 1. The molecule has 2 aromatic rings. The molecule has 0 aliphatic rings. The molecule has 2 rings (SSSR count). The lowest BCUT2D eigenvalue weighted by atomic mass is 10.2. The van der Waals surface area contributed by atoms with Gasteiger partial charge >= 0.3 is 5.97 Å². The number of hydrogen-bond acceptors (Lipinski definition) is 5.